The van der Waals surface area contributed by atoms with Crippen LogP contribution in [-0.4, -0.2) is 79.0 Å². The van der Waals surface area contributed by atoms with Crippen LogP contribution in [0.1, 0.15) is 6.92 Å². The van der Waals surface area contributed by atoms with Crippen molar-refractivity contribution in [2.24, 2.45) is 0 Å². The van der Waals surface area contributed by atoms with E-state index < -0.39 is 0 Å². The molecular weight excluding hydrogens is 198 g/mol. The van der Waals surface area contributed by atoms with Gasteiger partial charge < -0.3 is 24.5 Å². The van der Waals surface area contributed by atoms with Crippen LogP contribution in [0.5, 0.6) is 0 Å². The minimum atomic E-state index is 0.0616. The lowest BCUT2D eigenvalue weighted by Gasteiger charge is -2.37. The Hall–Kier alpha value is -0.200. The van der Waals surface area contributed by atoms with E-state index in [1.165, 1.54) is 0 Å². The first-order chi connectivity index (χ1) is 7.24. The highest BCUT2D eigenvalue weighted by atomic mass is 16.5. The number of aliphatic hydroxyl groups excluding tert-OH is 3. The summed E-state index contributed by atoms with van der Waals surface area (Å²) in [6.07, 6.45) is 0. The first-order valence-electron chi connectivity index (χ1n) is 5.50. The van der Waals surface area contributed by atoms with Crippen molar-refractivity contribution in [2.45, 2.75) is 6.92 Å². The largest absolute Gasteiger partial charge is 0.391 e. The Morgan fingerprint density at radius 1 is 0.867 bits per heavy atom. The molecular formula is C10H24NO4+. The molecule has 0 bridgehead atoms. The first-order valence-corrected chi connectivity index (χ1v) is 5.50. The fraction of sp³-hybridized carbons (Fsp3) is 1.00. The third kappa shape index (κ3) is 6.06. The highest BCUT2D eigenvalue weighted by Gasteiger charge is 2.25. The number of hydrogen-bond donors (Lipinski definition) is 3. The molecule has 3 N–H and O–H groups in total. The lowest BCUT2D eigenvalue weighted by atomic mass is 10.3. The Morgan fingerprint density at radius 2 is 1.33 bits per heavy atom. The zero-order chi connectivity index (χ0) is 11.6. The minimum absolute atomic E-state index is 0.0616. The minimum Gasteiger partial charge on any atom is -0.391 e. The van der Waals surface area contributed by atoms with Crippen LogP contribution < -0.4 is 0 Å². The second-order valence-corrected chi connectivity index (χ2v) is 3.60. The summed E-state index contributed by atoms with van der Waals surface area (Å²) in [6, 6.07) is 0. The van der Waals surface area contributed by atoms with Crippen molar-refractivity contribution in [3.63, 3.8) is 0 Å². The molecule has 0 aliphatic carbocycles. The molecule has 0 rings (SSSR count). The van der Waals surface area contributed by atoms with E-state index in [1.54, 1.807) is 0 Å². The van der Waals surface area contributed by atoms with Gasteiger partial charge in [-0.1, -0.05) is 0 Å². The standard InChI is InChI=1S/C10H24NO4/c1-2-15-10-6-11(3-7-12,4-8-13)5-9-14/h12-14H,2-10H2,1H3/q+1. The fourth-order valence-corrected chi connectivity index (χ4v) is 1.71. The fourth-order valence-electron chi connectivity index (χ4n) is 1.71. The number of aliphatic hydroxyl groups is 3. The molecule has 0 heterocycles. The molecule has 5 heteroatoms. The molecule has 5 nitrogen and oxygen atoms in total. The van der Waals surface area contributed by atoms with Gasteiger partial charge in [0.1, 0.15) is 26.2 Å². The van der Waals surface area contributed by atoms with Crippen molar-refractivity contribution in [1.82, 2.24) is 0 Å². The number of ether oxygens (including phenoxy) is 1. The maximum atomic E-state index is 8.99. The molecule has 0 fully saturated rings. The van der Waals surface area contributed by atoms with Crippen LogP contribution in [0.2, 0.25) is 0 Å². The number of rotatable bonds is 10. The van der Waals surface area contributed by atoms with Gasteiger partial charge in [0.2, 0.25) is 0 Å². The van der Waals surface area contributed by atoms with Crippen molar-refractivity contribution >= 4 is 0 Å². The van der Waals surface area contributed by atoms with Gasteiger partial charge in [0.25, 0.3) is 0 Å². The molecule has 0 unspecified atom stereocenters. The van der Waals surface area contributed by atoms with Gasteiger partial charge in [-0.25, -0.2) is 0 Å². The zero-order valence-corrected chi connectivity index (χ0v) is 9.56. The maximum Gasteiger partial charge on any atom is 0.103 e. The van der Waals surface area contributed by atoms with Crippen LogP contribution in [0.3, 0.4) is 0 Å². The van der Waals surface area contributed by atoms with Gasteiger partial charge in [0.15, 0.2) is 0 Å². The van der Waals surface area contributed by atoms with Crippen LogP contribution in [0.25, 0.3) is 0 Å². The van der Waals surface area contributed by atoms with Gasteiger partial charge in [0, 0.05) is 6.61 Å². The first kappa shape index (κ1) is 14.8. The lowest BCUT2D eigenvalue weighted by molar-refractivity contribution is -0.929. The summed E-state index contributed by atoms with van der Waals surface area (Å²) >= 11 is 0. The van der Waals surface area contributed by atoms with Gasteiger partial charge >= 0.3 is 0 Å². The monoisotopic (exact) mass is 222 g/mol. The van der Waals surface area contributed by atoms with Gasteiger partial charge in [-0.3, -0.25) is 0 Å². The molecule has 15 heavy (non-hydrogen) atoms. The van der Waals surface area contributed by atoms with Crippen molar-refractivity contribution in [2.75, 3.05) is 59.2 Å². The summed E-state index contributed by atoms with van der Waals surface area (Å²) in [4.78, 5) is 0. The Morgan fingerprint density at radius 3 is 1.67 bits per heavy atom. The lowest BCUT2D eigenvalue weighted by Crippen LogP contribution is -2.55. The number of hydrogen-bond acceptors (Lipinski definition) is 4. The summed E-state index contributed by atoms with van der Waals surface area (Å²) in [7, 11) is 0. The second-order valence-electron chi connectivity index (χ2n) is 3.60. The number of nitrogens with zero attached hydrogens (tertiary/aromatic N) is 1. The average molecular weight is 222 g/mol. The summed E-state index contributed by atoms with van der Waals surface area (Å²) < 4.78 is 5.78. The Bertz CT molecular complexity index is 126. The Labute approximate surface area is 91.5 Å². The molecule has 0 atom stereocenters. The summed E-state index contributed by atoms with van der Waals surface area (Å²) in [5, 5.41) is 27.0. The molecule has 0 aliphatic rings. The van der Waals surface area contributed by atoms with E-state index in [1.807, 2.05) is 6.92 Å². The summed E-state index contributed by atoms with van der Waals surface area (Å²) in [5.74, 6) is 0. The van der Waals surface area contributed by atoms with Crippen molar-refractivity contribution in [3.8, 4) is 0 Å². The third-order valence-electron chi connectivity index (χ3n) is 2.64. The van der Waals surface area contributed by atoms with E-state index in [-0.39, 0.29) is 19.8 Å². The molecule has 0 aromatic rings. The van der Waals surface area contributed by atoms with Crippen LogP contribution in [0, 0.1) is 0 Å². The van der Waals surface area contributed by atoms with E-state index in [4.69, 9.17) is 20.1 Å². The second kappa shape index (κ2) is 9.06. The van der Waals surface area contributed by atoms with Gasteiger partial charge in [-0.15, -0.1) is 0 Å². The molecule has 0 saturated carbocycles. The quantitative estimate of drug-likeness (QED) is 0.321. The highest BCUT2D eigenvalue weighted by Crippen LogP contribution is 2.05. The zero-order valence-electron chi connectivity index (χ0n) is 9.56. The molecule has 0 saturated heterocycles. The molecule has 92 valence electrons. The van der Waals surface area contributed by atoms with Crippen LogP contribution in [-0.2, 0) is 4.74 Å². The molecule has 0 aromatic carbocycles. The molecule has 0 aliphatic heterocycles. The van der Waals surface area contributed by atoms with Crippen molar-refractivity contribution in [1.29, 1.82) is 0 Å². The van der Waals surface area contributed by atoms with Gasteiger partial charge in [-0.2, -0.15) is 0 Å². The molecule has 0 amide bonds. The molecule has 0 spiro atoms. The van der Waals surface area contributed by atoms with E-state index in [2.05, 4.69) is 0 Å². The SMILES string of the molecule is CCOCC[N+](CCO)(CCO)CCO. The van der Waals surface area contributed by atoms with E-state index >= 15 is 0 Å². The maximum absolute atomic E-state index is 8.99. The third-order valence-corrected chi connectivity index (χ3v) is 2.64. The van der Waals surface area contributed by atoms with Gasteiger partial charge in [-0.05, 0) is 6.92 Å². The smallest absolute Gasteiger partial charge is 0.103 e. The predicted octanol–water partition coefficient (Wildman–Crippen LogP) is -1.18. The van der Waals surface area contributed by atoms with Gasteiger partial charge in [0.05, 0.1) is 26.4 Å². The molecule has 0 radical (unpaired) electrons. The van der Waals surface area contributed by atoms with E-state index in [0.29, 0.717) is 37.3 Å². The Balaban J connectivity index is 4.18. The van der Waals surface area contributed by atoms with Crippen LogP contribution in [0.4, 0.5) is 0 Å². The van der Waals surface area contributed by atoms with E-state index in [9.17, 15) is 0 Å². The van der Waals surface area contributed by atoms with Crippen LogP contribution >= 0.6 is 0 Å². The van der Waals surface area contributed by atoms with Crippen molar-refractivity contribution in [3.05, 3.63) is 0 Å². The summed E-state index contributed by atoms with van der Waals surface area (Å²) in [6.45, 7) is 5.74. The van der Waals surface area contributed by atoms with Crippen molar-refractivity contribution < 1.29 is 24.5 Å². The van der Waals surface area contributed by atoms with E-state index in [0.717, 1.165) is 6.54 Å². The predicted molar refractivity (Wildman–Crippen MR) is 57.5 cm³/mol. The summed E-state index contributed by atoms with van der Waals surface area (Å²) in [5.41, 5.74) is 0. The topological polar surface area (TPSA) is 69.9 Å². The van der Waals surface area contributed by atoms with Crippen LogP contribution in [0.15, 0.2) is 0 Å². The normalized spacial score (nSPS) is 12.0. The number of quaternary nitrogens is 1. The average Bonchev–Trinajstić information content (AvgIpc) is 2.19. The Kier molecular flexibility index (Phi) is 8.94. The highest BCUT2D eigenvalue weighted by molar-refractivity contribution is 4.45. The molecule has 0 aromatic heterocycles.